The van der Waals surface area contributed by atoms with Crippen LogP contribution >= 0.6 is 11.6 Å². The Morgan fingerprint density at radius 2 is 1.23 bits per heavy atom. The van der Waals surface area contributed by atoms with Crippen molar-refractivity contribution in [1.29, 1.82) is 0 Å². The van der Waals surface area contributed by atoms with Crippen LogP contribution in [-0.2, 0) is 25.5 Å². The Bertz CT molecular complexity index is 746. The number of carboxylic acids is 2. The highest BCUT2D eigenvalue weighted by Crippen LogP contribution is 2.38. The Morgan fingerprint density at radius 3 is 1.71 bits per heavy atom. The highest BCUT2D eigenvalue weighted by atomic mass is 35.5. The molecule has 2 rings (SSSR count). The zero-order valence-corrected chi connectivity index (χ0v) is 21.9. The smallest absolute Gasteiger partial charge is 0.336 e. The molecule has 1 aromatic rings. The number of rotatable bonds is 19. The second kappa shape index (κ2) is 16.2. The Hall–Kier alpha value is -1.63. The first-order chi connectivity index (χ1) is 16.9. The summed E-state index contributed by atoms with van der Waals surface area (Å²) < 4.78 is 11.7. The van der Waals surface area contributed by atoms with E-state index in [0.717, 1.165) is 55.5 Å². The van der Waals surface area contributed by atoms with Crippen LogP contribution in [0.5, 0.6) is 0 Å². The third-order valence-electron chi connectivity index (χ3n) is 6.82. The average Bonchev–Trinajstić information content (AvgIpc) is 3.22. The molecule has 1 heterocycles. The topological polar surface area (TPSA) is 93.1 Å². The number of halogens is 1. The number of hydrogen-bond acceptors (Lipinski definition) is 4. The van der Waals surface area contributed by atoms with Crippen LogP contribution < -0.4 is 0 Å². The van der Waals surface area contributed by atoms with E-state index in [1.807, 2.05) is 24.3 Å². The summed E-state index contributed by atoms with van der Waals surface area (Å²) in [5.74, 6) is -3.72. The van der Waals surface area contributed by atoms with Gasteiger partial charge < -0.3 is 19.7 Å². The molecular weight excluding hydrogens is 468 g/mol. The fourth-order valence-electron chi connectivity index (χ4n) is 4.80. The molecule has 0 aromatic heterocycles. The van der Waals surface area contributed by atoms with Crippen LogP contribution in [0.15, 0.2) is 24.3 Å². The zero-order chi connectivity index (χ0) is 25.5. The van der Waals surface area contributed by atoms with E-state index in [2.05, 4.69) is 6.92 Å². The van der Waals surface area contributed by atoms with E-state index in [9.17, 15) is 19.8 Å². The Labute approximate surface area is 215 Å². The van der Waals surface area contributed by atoms with E-state index >= 15 is 0 Å². The van der Waals surface area contributed by atoms with Gasteiger partial charge in [-0.1, -0.05) is 101 Å². The largest absolute Gasteiger partial charge is 0.479 e. The van der Waals surface area contributed by atoms with Gasteiger partial charge in [0.1, 0.15) is 0 Å². The Balaban J connectivity index is 1.80. The van der Waals surface area contributed by atoms with Crippen molar-refractivity contribution in [2.75, 3.05) is 0 Å². The summed E-state index contributed by atoms with van der Waals surface area (Å²) >= 11 is 6.23. The lowest BCUT2D eigenvalue weighted by Crippen LogP contribution is -2.36. The fraction of sp³-hybridized carbons (Fsp3) is 0.714. The van der Waals surface area contributed by atoms with Crippen LogP contribution in [0.25, 0.3) is 0 Å². The molecule has 0 aliphatic carbocycles. The molecule has 0 spiro atoms. The van der Waals surface area contributed by atoms with Gasteiger partial charge in [0.2, 0.25) is 0 Å². The van der Waals surface area contributed by atoms with Crippen LogP contribution in [-0.4, -0.2) is 40.1 Å². The number of aliphatic carboxylic acids is 2. The molecule has 1 fully saturated rings. The molecule has 1 saturated heterocycles. The summed E-state index contributed by atoms with van der Waals surface area (Å²) in [6, 6.07) is 7.79. The Morgan fingerprint density at radius 1 is 0.771 bits per heavy atom. The van der Waals surface area contributed by atoms with E-state index in [4.69, 9.17) is 21.1 Å². The zero-order valence-electron chi connectivity index (χ0n) is 21.2. The van der Waals surface area contributed by atoms with Crippen molar-refractivity contribution in [1.82, 2.24) is 0 Å². The minimum atomic E-state index is -1.47. The van der Waals surface area contributed by atoms with E-state index in [-0.39, 0.29) is 0 Å². The lowest BCUT2D eigenvalue weighted by Gasteiger charge is -2.28. The van der Waals surface area contributed by atoms with Gasteiger partial charge in [-0.05, 0) is 37.3 Å². The van der Waals surface area contributed by atoms with Gasteiger partial charge in [-0.2, -0.15) is 0 Å². The molecule has 7 heteroatoms. The third kappa shape index (κ3) is 10.5. The van der Waals surface area contributed by atoms with Crippen LogP contribution in [0.3, 0.4) is 0 Å². The maximum atomic E-state index is 11.6. The molecule has 0 amide bonds. The van der Waals surface area contributed by atoms with Crippen LogP contribution in [0.4, 0.5) is 0 Å². The number of ether oxygens (including phenoxy) is 2. The summed E-state index contributed by atoms with van der Waals surface area (Å²) in [5, 5.41) is 19.7. The Kier molecular flexibility index (Phi) is 13.7. The minimum Gasteiger partial charge on any atom is -0.479 e. The van der Waals surface area contributed by atoms with Crippen LogP contribution in [0, 0.1) is 0 Å². The molecule has 0 radical (unpaired) electrons. The van der Waals surface area contributed by atoms with Gasteiger partial charge in [-0.3, -0.25) is 0 Å². The van der Waals surface area contributed by atoms with Gasteiger partial charge in [0.15, 0.2) is 18.0 Å². The van der Waals surface area contributed by atoms with Gasteiger partial charge in [0, 0.05) is 17.9 Å². The first-order valence-corrected chi connectivity index (χ1v) is 13.8. The molecule has 2 atom stereocenters. The predicted molar refractivity (Wildman–Crippen MR) is 138 cm³/mol. The van der Waals surface area contributed by atoms with E-state index in [1.165, 1.54) is 44.9 Å². The quantitative estimate of drug-likeness (QED) is 0.188. The number of aryl methyl sites for hydroxylation is 1. The van der Waals surface area contributed by atoms with Crippen LogP contribution in [0.2, 0.25) is 5.02 Å². The summed E-state index contributed by atoms with van der Waals surface area (Å²) in [6.45, 7) is 2.22. The summed E-state index contributed by atoms with van der Waals surface area (Å²) in [6.07, 6.45) is 13.4. The minimum absolute atomic E-state index is 0.487. The molecule has 0 unspecified atom stereocenters. The second-order valence-corrected chi connectivity index (χ2v) is 10.2. The molecule has 1 aliphatic rings. The lowest BCUT2D eigenvalue weighted by molar-refractivity contribution is -0.195. The SMILES string of the molecule is CCCCCCCCCCCCC1(CCCCCc2ccccc2Cl)O[C@@H](C(=O)O)[C@H](C(=O)O)O1. The van der Waals surface area contributed by atoms with E-state index in [0.29, 0.717) is 12.8 Å². The molecule has 0 saturated carbocycles. The first-order valence-electron chi connectivity index (χ1n) is 13.4. The summed E-state index contributed by atoms with van der Waals surface area (Å²) in [4.78, 5) is 23.3. The van der Waals surface area contributed by atoms with Crippen molar-refractivity contribution in [3.63, 3.8) is 0 Å². The number of benzene rings is 1. The van der Waals surface area contributed by atoms with Gasteiger partial charge >= 0.3 is 11.9 Å². The molecule has 35 heavy (non-hydrogen) atoms. The van der Waals surface area contributed by atoms with Gasteiger partial charge in [0.25, 0.3) is 0 Å². The molecule has 6 nitrogen and oxygen atoms in total. The predicted octanol–water partition coefficient (Wildman–Crippen LogP) is 7.40. The summed E-state index contributed by atoms with van der Waals surface area (Å²) in [7, 11) is 0. The molecular formula is C28H43ClO6. The number of hydrogen-bond donors (Lipinski definition) is 2. The van der Waals surface area contributed by atoms with E-state index < -0.39 is 29.9 Å². The molecule has 1 aliphatic heterocycles. The molecule has 198 valence electrons. The molecule has 0 bridgehead atoms. The standard InChI is InChI=1S/C28H43ClO6/c1-2-3-4-5-6-7-8-9-10-15-20-28(34-24(26(30)31)25(35-28)27(32)33)21-16-11-12-17-22-18-13-14-19-23(22)29/h13-14,18-19,24-25H,2-12,15-17,20-21H2,1H3,(H,30,31)(H,32,33)/t24-,25-/m1/s1. The van der Waals surface area contributed by atoms with E-state index in [1.54, 1.807) is 0 Å². The van der Waals surface area contributed by atoms with Gasteiger partial charge in [0.05, 0.1) is 0 Å². The highest BCUT2D eigenvalue weighted by molar-refractivity contribution is 6.31. The van der Waals surface area contributed by atoms with Crippen LogP contribution in [0.1, 0.15) is 109 Å². The van der Waals surface area contributed by atoms with Crippen molar-refractivity contribution in [2.45, 2.75) is 128 Å². The van der Waals surface area contributed by atoms with Gasteiger partial charge in [-0.25, -0.2) is 9.59 Å². The summed E-state index contributed by atoms with van der Waals surface area (Å²) in [5.41, 5.74) is 1.11. The number of unbranched alkanes of at least 4 members (excludes halogenated alkanes) is 11. The van der Waals surface area contributed by atoms with Crippen molar-refractivity contribution < 1.29 is 29.3 Å². The maximum absolute atomic E-state index is 11.6. The van der Waals surface area contributed by atoms with Crippen molar-refractivity contribution in [2.24, 2.45) is 0 Å². The number of carboxylic acid groups (broad SMARTS) is 2. The lowest BCUT2D eigenvalue weighted by atomic mass is 9.98. The number of carbonyl (C=O) groups is 2. The first kappa shape index (κ1) is 29.6. The monoisotopic (exact) mass is 510 g/mol. The molecule has 2 N–H and O–H groups in total. The maximum Gasteiger partial charge on any atom is 0.336 e. The third-order valence-corrected chi connectivity index (χ3v) is 7.19. The molecule has 1 aromatic carbocycles. The average molecular weight is 511 g/mol. The fourth-order valence-corrected chi connectivity index (χ4v) is 5.03. The normalized spacial score (nSPS) is 19.1. The van der Waals surface area contributed by atoms with Crippen molar-refractivity contribution in [3.05, 3.63) is 34.9 Å². The second-order valence-electron chi connectivity index (χ2n) is 9.75. The van der Waals surface area contributed by atoms with Crippen molar-refractivity contribution in [3.8, 4) is 0 Å². The highest BCUT2D eigenvalue weighted by Gasteiger charge is 2.53. The van der Waals surface area contributed by atoms with Gasteiger partial charge in [-0.15, -0.1) is 0 Å². The van der Waals surface area contributed by atoms with Crippen molar-refractivity contribution >= 4 is 23.5 Å².